The Balaban J connectivity index is 1.74. The minimum atomic E-state index is -0.367. The molecule has 0 fully saturated rings. The van der Waals surface area contributed by atoms with Gasteiger partial charge in [-0.15, -0.1) is 0 Å². The summed E-state index contributed by atoms with van der Waals surface area (Å²) in [5, 5.41) is 7.32. The highest BCUT2D eigenvalue weighted by Gasteiger charge is 2.22. The molecule has 3 aromatic rings. The molecule has 186 valence electrons. The predicted molar refractivity (Wildman–Crippen MR) is 134 cm³/mol. The van der Waals surface area contributed by atoms with Crippen LogP contribution < -0.4 is 25.1 Å². The molecule has 0 saturated heterocycles. The summed E-state index contributed by atoms with van der Waals surface area (Å²) < 4.78 is 18.3. The van der Waals surface area contributed by atoms with E-state index in [2.05, 4.69) is 10.4 Å². The second kappa shape index (κ2) is 12.6. The first kappa shape index (κ1) is 25.8. The predicted octanol–water partition coefficient (Wildman–Crippen LogP) is 4.25. The van der Waals surface area contributed by atoms with Gasteiger partial charge in [-0.2, -0.15) is 5.10 Å². The van der Waals surface area contributed by atoms with Crippen molar-refractivity contribution in [1.29, 1.82) is 0 Å². The Kier molecular flexibility index (Phi) is 9.29. The van der Waals surface area contributed by atoms with Crippen molar-refractivity contribution < 1.29 is 19.0 Å². The molecule has 0 radical (unpaired) electrons. The van der Waals surface area contributed by atoms with Gasteiger partial charge in [-0.25, -0.2) is 4.68 Å². The lowest BCUT2D eigenvalue weighted by atomic mass is 9.95. The zero-order chi connectivity index (χ0) is 25.2. The summed E-state index contributed by atoms with van der Waals surface area (Å²) in [5.74, 6) is 1.73. The fourth-order valence-corrected chi connectivity index (χ4v) is 3.61. The Hall–Kier alpha value is -3.81. The zero-order valence-electron chi connectivity index (χ0n) is 20.7. The zero-order valence-corrected chi connectivity index (χ0v) is 20.7. The number of nitrogens with one attached hydrogen (secondary N) is 1. The van der Waals surface area contributed by atoms with Crippen LogP contribution in [-0.4, -0.2) is 35.5 Å². The smallest absolute Gasteiger partial charge is 0.272 e. The van der Waals surface area contributed by atoms with Crippen molar-refractivity contribution in [3.8, 4) is 17.2 Å². The van der Waals surface area contributed by atoms with Crippen LogP contribution in [0.25, 0.3) is 0 Å². The van der Waals surface area contributed by atoms with E-state index in [1.54, 1.807) is 0 Å². The van der Waals surface area contributed by atoms with Gasteiger partial charge in [0.1, 0.15) is 18.1 Å². The topological polar surface area (TPSA) is 91.7 Å². The van der Waals surface area contributed by atoms with Gasteiger partial charge in [-0.05, 0) is 55.7 Å². The van der Waals surface area contributed by atoms with Crippen LogP contribution in [0.3, 0.4) is 0 Å². The van der Waals surface area contributed by atoms with Crippen molar-refractivity contribution in [2.75, 3.05) is 19.8 Å². The number of carbonyl (C=O) groups excluding carboxylic acids is 1. The number of benzene rings is 2. The van der Waals surface area contributed by atoms with Crippen molar-refractivity contribution in [3.63, 3.8) is 0 Å². The quantitative estimate of drug-likeness (QED) is 0.418. The highest BCUT2D eigenvalue weighted by molar-refractivity contribution is 5.92. The Morgan fingerprint density at radius 3 is 2.34 bits per heavy atom. The van der Waals surface area contributed by atoms with Gasteiger partial charge in [0.15, 0.2) is 11.5 Å². The molecular formula is C27H33N3O5. The van der Waals surface area contributed by atoms with Crippen LogP contribution in [0.15, 0.2) is 65.5 Å². The summed E-state index contributed by atoms with van der Waals surface area (Å²) in [6, 6.07) is 17.5. The fourth-order valence-electron chi connectivity index (χ4n) is 3.61. The molecule has 0 aliphatic rings. The van der Waals surface area contributed by atoms with E-state index in [4.69, 9.17) is 14.2 Å². The summed E-state index contributed by atoms with van der Waals surface area (Å²) in [6.45, 7) is 9.38. The van der Waals surface area contributed by atoms with E-state index < -0.39 is 0 Å². The molecule has 0 saturated carbocycles. The van der Waals surface area contributed by atoms with Crippen molar-refractivity contribution >= 4 is 5.91 Å². The summed E-state index contributed by atoms with van der Waals surface area (Å²) in [5.41, 5.74) is 0.752. The maximum absolute atomic E-state index is 13.1. The molecular weight excluding hydrogens is 446 g/mol. The molecule has 1 amide bonds. The molecule has 0 aliphatic carbocycles. The largest absolute Gasteiger partial charge is 0.492 e. The average Bonchev–Trinajstić information content (AvgIpc) is 2.85. The SMILES string of the molecule is CCOc1ccc(C(NC(=O)c2ccc(=O)n(CCOc3ccccc3)n2)C(C)C)cc1OCC. The minimum absolute atomic E-state index is 0.0940. The minimum Gasteiger partial charge on any atom is -0.492 e. The second-order valence-electron chi connectivity index (χ2n) is 8.21. The van der Waals surface area contributed by atoms with Gasteiger partial charge < -0.3 is 19.5 Å². The number of para-hydroxylation sites is 1. The highest BCUT2D eigenvalue weighted by atomic mass is 16.5. The van der Waals surface area contributed by atoms with E-state index in [1.165, 1.54) is 16.8 Å². The molecule has 2 aromatic carbocycles. The van der Waals surface area contributed by atoms with Crippen molar-refractivity contribution in [2.45, 2.75) is 40.3 Å². The van der Waals surface area contributed by atoms with E-state index >= 15 is 0 Å². The van der Waals surface area contributed by atoms with E-state index in [9.17, 15) is 9.59 Å². The molecule has 8 nitrogen and oxygen atoms in total. The molecule has 0 spiro atoms. The molecule has 0 bridgehead atoms. The van der Waals surface area contributed by atoms with Crippen LogP contribution in [0.2, 0.25) is 0 Å². The van der Waals surface area contributed by atoms with Crippen LogP contribution in [-0.2, 0) is 6.54 Å². The van der Waals surface area contributed by atoms with E-state index in [1.807, 2.05) is 76.2 Å². The number of nitrogens with zero attached hydrogens (tertiary/aromatic N) is 2. The Bertz CT molecular complexity index is 1160. The lowest BCUT2D eigenvalue weighted by Crippen LogP contribution is -2.34. The van der Waals surface area contributed by atoms with Crippen molar-refractivity contribution in [3.05, 3.63) is 82.3 Å². The molecule has 8 heteroatoms. The van der Waals surface area contributed by atoms with Crippen LogP contribution in [0, 0.1) is 5.92 Å². The first-order valence-electron chi connectivity index (χ1n) is 11.9. The molecule has 1 unspecified atom stereocenters. The highest BCUT2D eigenvalue weighted by Crippen LogP contribution is 2.33. The summed E-state index contributed by atoms with van der Waals surface area (Å²) in [4.78, 5) is 25.4. The fraction of sp³-hybridized carbons (Fsp3) is 0.370. The van der Waals surface area contributed by atoms with Gasteiger partial charge in [-0.3, -0.25) is 9.59 Å². The van der Waals surface area contributed by atoms with Crippen LogP contribution in [0.1, 0.15) is 49.8 Å². The second-order valence-corrected chi connectivity index (χ2v) is 8.21. The van der Waals surface area contributed by atoms with Gasteiger partial charge in [0, 0.05) is 6.07 Å². The molecule has 1 heterocycles. The first-order chi connectivity index (χ1) is 16.9. The summed E-state index contributed by atoms with van der Waals surface area (Å²) in [7, 11) is 0. The third kappa shape index (κ3) is 7.09. The third-order valence-corrected chi connectivity index (χ3v) is 5.29. The number of aromatic nitrogens is 2. The number of hydrogen-bond donors (Lipinski definition) is 1. The lowest BCUT2D eigenvalue weighted by Gasteiger charge is -2.24. The number of rotatable bonds is 12. The van der Waals surface area contributed by atoms with E-state index in [0.29, 0.717) is 30.5 Å². The number of amides is 1. The van der Waals surface area contributed by atoms with Crippen LogP contribution in [0.4, 0.5) is 0 Å². The summed E-state index contributed by atoms with van der Waals surface area (Å²) >= 11 is 0. The standard InChI is InChI=1S/C27H33N3O5/c1-5-33-23-14-12-20(18-24(23)34-6-2)26(19(3)4)28-27(32)22-13-15-25(31)30(29-22)16-17-35-21-10-8-7-9-11-21/h7-15,18-19,26H,5-6,16-17H2,1-4H3,(H,28,32). The number of hydrogen-bond acceptors (Lipinski definition) is 6. The Labute approximate surface area is 205 Å². The van der Waals surface area contributed by atoms with Crippen LogP contribution >= 0.6 is 0 Å². The lowest BCUT2D eigenvalue weighted by molar-refractivity contribution is 0.0917. The van der Waals surface area contributed by atoms with Gasteiger partial charge in [0.2, 0.25) is 0 Å². The maximum Gasteiger partial charge on any atom is 0.272 e. The van der Waals surface area contributed by atoms with Gasteiger partial charge >= 0.3 is 0 Å². The normalized spacial score (nSPS) is 11.7. The Morgan fingerprint density at radius 2 is 1.66 bits per heavy atom. The summed E-state index contributed by atoms with van der Waals surface area (Å²) in [6.07, 6.45) is 0. The molecule has 1 aromatic heterocycles. The monoisotopic (exact) mass is 479 g/mol. The van der Waals surface area contributed by atoms with Gasteiger partial charge in [0.05, 0.1) is 25.8 Å². The van der Waals surface area contributed by atoms with Crippen molar-refractivity contribution in [2.24, 2.45) is 5.92 Å². The number of ether oxygens (including phenoxy) is 3. The maximum atomic E-state index is 13.1. The van der Waals surface area contributed by atoms with Crippen molar-refractivity contribution in [1.82, 2.24) is 15.1 Å². The van der Waals surface area contributed by atoms with E-state index in [-0.39, 0.29) is 42.3 Å². The third-order valence-electron chi connectivity index (χ3n) is 5.29. The molecule has 35 heavy (non-hydrogen) atoms. The molecule has 1 N–H and O–H groups in total. The van der Waals surface area contributed by atoms with Gasteiger partial charge in [-0.1, -0.05) is 38.1 Å². The molecule has 0 aliphatic heterocycles. The first-order valence-corrected chi connectivity index (χ1v) is 11.9. The average molecular weight is 480 g/mol. The van der Waals surface area contributed by atoms with Crippen LogP contribution in [0.5, 0.6) is 17.2 Å². The Morgan fingerprint density at radius 1 is 0.943 bits per heavy atom. The number of carbonyl (C=O) groups is 1. The van der Waals surface area contributed by atoms with Gasteiger partial charge in [0.25, 0.3) is 11.5 Å². The molecule has 1 atom stereocenters. The molecule has 3 rings (SSSR count). The van der Waals surface area contributed by atoms with E-state index in [0.717, 1.165) is 5.56 Å².